The number of nitriles is 1. The quantitative estimate of drug-likeness (QED) is 0.313. The molecule has 0 saturated heterocycles. The molecular weight excluding hydrogens is 556 g/mol. The fourth-order valence-electron chi connectivity index (χ4n) is 3.64. The third-order valence-corrected chi connectivity index (χ3v) is 7.05. The van der Waals surface area contributed by atoms with Gasteiger partial charge in [-0.15, -0.1) is 23.2 Å². The monoisotopic (exact) mass is 567 g/mol. The molecule has 0 spiro atoms. The number of benzene rings is 2. The van der Waals surface area contributed by atoms with Gasteiger partial charge >= 0.3 is 0 Å². The molecule has 3 aromatic rings. The molecule has 178 valence electrons. The SMILES string of the molecule is N#Cc1ccc(NC(=O)c2cc(NC(=O)[C@@H]3[C@@H](c4cc(Cl)cc(Cl)c4)C3(Cl)Cl)ccc2Cl)nc1N. The predicted octanol–water partition coefficient (Wildman–Crippen LogP) is 6.27. The van der Waals surface area contributed by atoms with Crippen molar-refractivity contribution in [3.63, 3.8) is 0 Å². The molecule has 2 aromatic carbocycles. The molecule has 1 aliphatic rings. The van der Waals surface area contributed by atoms with Crippen LogP contribution in [0.15, 0.2) is 48.5 Å². The maximum atomic E-state index is 13.0. The summed E-state index contributed by atoms with van der Waals surface area (Å²) in [4.78, 5) is 29.7. The lowest BCUT2D eigenvalue weighted by molar-refractivity contribution is -0.117. The average Bonchev–Trinajstić information content (AvgIpc) is 3.36. The highest BCUT2D eigenvalue weighted by atomic mass is 35.5. The number of aromatic nitrogens is 1. The van der Waals surface area contributed by atoms with Gasteiger partial charge in [0.05, 0.1) is 22.1 Å². The first kappa shape index (κ1) is 25.4. The molecule has 0 radical (unpaired) electrons. The molecular formula is C23H14Cl5N5O2. The lowest BCUT2D eigenvalue weighted by atomic mass is 10.1. The van der Waals surface area contributed by atoms with Crippen LogP contribution in [0.1, 0.15) is 27.4 Å². The Bertz CT molecular complexity index is 1390. The maximum Gasteiger partial charge on any atom is 0.258 e. The predicted molar refractivity (Wildman–Crippen MR) is 139 cm³/mol. The molecule has 0 unspecified atom stereocenters. The fourth-order valence-corrected chi connectivity index (χ4v) is 5.22. The Morgan fingerprint density at radius 2 is 1.69 bits per heavy atom. The Balaban J connectivity index is 1.51. The number of halogens is 5. The van der Waals surface area contributed by atoms with Crippen LogP contribution in [0, 0.1) is 17.2 Å². The van der Waals surface area contributed by atoms with Crippen LogP contribution in [0.5, 0.6) is 0 Å². The molecule has 0 aliphatic heterocycles. The second-order valence-electron chi connectivity index (χ2n) is 7.71. The Morgan fingerprint density at radius 1 is 1.00 bits per heavy atom. The molecule has 4 N–H and O–H groups in total. The van der Waals surface area contributed by atoms with Crippen LogP contribution in [0.2, 0.25) is 15.1 Å². The third-order valence-electron chi connectivity index (χ3n) is 5.35. The van der Waals surface area contributed by atoms with Gasteiger partial charge in [-0.25, -0.2) is 4.98 Å². The number of anilines is 3. The molecule has 7 nitrogen and oxygen atoms in total. The van der Waals surface area contributed by atoms with E-state index in [-0.39, 0.29) is 27.8 Å². The van der Waals surface area contributed by atoms with Crippen molar-refractivity contribution in [1.82, 2.24) is 4.98 Å². The van der Waals surface area contributed by atoms with E-state index in [1.54, 1.807) is 18.2 Å². The summed E-state index contributed by atoms with van der Waals surface area (Å²) in [7, 11) is 0. The van der Waals surface area contributed by atoms with Gasteiger partial charge in [0.2, 0.25) is 5.91 Å². The lowest BCUT2D eigenvalue weighted by Gasteiger charge is -2.10. The van der Waals surface area contributed by atoms with Crippen LogP contribution in [0.25, 0.3) is 0 Å². The van der Waals surface area contributed by atoms with Gasteiger partial charge in [0, 0.05) is 21.7 Å². The van der Waals surface area contributed by atoms with Crippen LogP contribution in [-0.4, -0.2) is 21.1 Å². The topological polar surface area (TPSA) is 121 Å². The summed E-state index contributed by atoms with van der Waals surface area (Å²) in [5, 5.41) is 15.2. The van der Waals surface area contributed by atoms with E-state index in [0.717, 1.165) is 0 Å². The highest BCUT2D eigenvalue weighted by molar-refractivity contribution is 6.53. The Hall–Kier alpha value is -2.73. The molecule has 0 bridgehead atoms. The van der Waals surface area contributed by atoms with E-state index in [4.69, 9.17) is 69.0 Å². The van der Waals surface area contributed by atoms with E-state index in [1.807, 2.05) is 6.07 Å². The summed E-state index contributed by atoms with van der Waals surface area (Å²) in [6, 6.07) is 14.0. The number of nitrogen functional groups attached to an aromatic ring is 1. The number of nitrogens with zero attached hydrogens (tertiary/aromatic N) is 2. The van der Waals surface area contributed by atoms with E-state index >= 15 is 0 Å². The summed E-state index contributed by atoms with van der Waals surface area (Å²) >= 11 is 31.1. The Morgan fingerprint density at radius 3 is 2.31 bits per heavy atom. The van der Waals surface area contributed by atoms with Crippen molar-refractivity contribution >= 4 is 87.1 Å². The number of nitrogens with two attached hydrogens (primary N) is 1. The molecule has 2 atom stereocenters. The van der Waals surface area contributed by atoms with Crippen molar-refractivity contribution in [3.05, 3.63) is 80.3 Å². The van der Waals surface area contributed by atoms with Crippen LogP contribution in [-0.2, 0) is 4.79 Å². The first-order valence-corrected chi connectivity index (χ1v) is 11.8. The molecule has 4 rings (SSSR count). The second-order valence-corrected chi connectivity index (χ2v) is 10.4. The van der Waals surface area contributed by atoms with Gasteiger partial charge in [0.15, 0.2) is 0 Å². The number of carbonyl (C=O) groups excluding carboxylic acids is 2. The van der Waals surface area contributed by atoms with Crippen molar-refractivity contribution in [2.75, 3.05) is 16.4 Å². The zero-order valence-corrected chi connectivity index (χ0v) is 21.2. The van der Waals surface area contributed by atoms with E-state index < -0.39 is 28.0 Å². The minimum atomic E-state index is -1.36. The highest BCUT2D eigenvalue weighted by Gasteiger charge is 2.67. The molecule has 35 heavy (non-hydrogen) atoms. The van der Waals surface area contributed by atoms with Gasteiger partial charge in [0.25, 0.3) is 5.91 Å². The number of hydrogen-bond acceptors (Lipinski definition) is 5. The molecule has 12 heteroatoms. The number of rotatable bonds is 5. The number of amides is 2. The lowest BCUT2D eigenvalue weighted by Crippen LogP contribution is -2.18. The van der Waals surface area contributed by atoms with Crippen LogP contribution in [0.3, 0.4) is 0 Å². The fraction of sp³-hybridized carbons (Fsp3) is 0.130. The van der Waals surface area contributed by atoms with E-state index in [1.165, 1.54) is 30.3 Å². The van der Waals surface area contributed by atoms with Gasteiger partial charge in [-0.1, -0.05) is 34.8 Å². The van der Waals surface area contributed by atoms with Crippen molar-refractivity contribution < 1.29 is 9.59 Å². The molecule has 1 heterocycles. The van der Waals surface area contributed by atoms with Gasteiger partial charge in [-0.3, -0.25) is 9.59 Å². The van der Waals surface area contributed by atoms with Gasteiger partial charge in [-0.2, -0.15) is 5.26 Å². The van der Waals surface area contributed by atoms with Crippen molar-refractivity contribution in [1.29, 1.82) is 5.26 Å². The molecule has 2 amide bonds. The van der Waals surface area contributed by atoms with E-state index in [9.17, 15) is 9.59 Å². The van der Waals surface area contributed by atoms with E-state index in [2.05, 4.69) is 15.6 Å². The normalized spacial score (nSPS) is 17.8. The minimum Gasteiger partial charge on any atom is -0.383 e. The smallest absolute Gasteiger partial charge is 0.258 e. The number of nitrogens with one attached hydrogen (secondary N) is 2. The molecule has 1 saturated carbocycles. The van der Waals surface area contributed by atoms with E-state index in [0.29, 0.717) is 21.3 Å². The largest absolute Gasteiger partial charge is 0.383 e. The summed E-state index contributed by atoms with van der Waals surface area (Å²) in [5.74, 6) is -2.24. The number of hydrogen-bond donors (Lipinski definition) is 3. The number of pyridine rings is 1. The van der Waals surface area contributed by atoms with Gasteiger partial charge < -0.3 is 16.4 Å². The zero-order valence-electron chi connectivity index (χ0n) is 17.5. The second kappa shape index (κ2) is 9.73. The van der Waals surface area contributed by atoms with Crippen molar-refractivity contribution in [2.24, 2.45) is 5.92 Å². The summed E-state index contributed by atoms with van der Waals surface area (Å²) in [6.45, 7) is 0. The third kappa shape index (κ3) is 5.27. The molecule has 1 fully saturated rings. The van der Waals surface area contributed by atoms with Gasteiger partial charge in [0.1, 0.15) is 22.0 Å². The van der Waals surface area contributed by atoms with Crippen molar-refractivity contribution in [3.8, 4) is 6.07 Å². The van der Waals surface area contributed by atoms with Crippen LogP contribution < -0.4 is 16.4 Å². The summed E-state index contributed by atoms with van der Waals surface area (Å²) in [5.41, 5.74) is 6.88. The van der Waals surface area contributed by atoms with Gasteiger partial charge in [-0.05, 0) is 54.1 Å². The number of alkyl halides is 2. The Kier molecular flexibility index (Phi) is 7.05. The standard InChI is InChI=1S/C23H14Cl5N5O2/c24-12-5-11(6-13(25)7-12)18-19(23(18,27)28)22(35)31-14-2-3-16(26)15(8-14)21(34)33-17-4-1-10(9-29)20(30)32-17/h1-8,18-19H,(H,31,35)(H3,30,32,33,34)/t18-,19+/m1/s1. The first-order chi connectivity index (χ1) is 16.5. The van der Waals surface area contributed by atoms with Crippen LogP contribution >= 0.6 is 58.0 Å². The van der Waals surface area contributed by atoms with Crippen molar-refractivity contribution in [2.45, 2.75) is 10.3 Å². The maximum absolute atomic E-state index is 13.0. The Labute approximate surface area is 225 Å². The average molecular weight is 570 g/mol. The molecule has 1 aliphatic carbocycles. The minimum absolute atomic E-state index is 0.0250. The zero-order chi connectivity index (χ0) is 25.5. The summed E-state index contributed by atoms with van der Waals surface area (Å²) in [6.07, 6.45) is 0. The van der Waals surface area contributed by atoms with Crippen LogP contribution in [0.4, 0.5) is 17.3 Å². The first-order valence-electron chi connectivity index (χ1n) is 9.93. The number of carbonyl (C=O) groups is 2. The summed E-state index contributed by atoms with van der Waals surface area (Å²) < 4.78 is -1.36. The highest BCUT2D eigenvalue weighted by Crippen LogP contribution is 2.65. The molecule has 1 aromatic heterocycles.